The quantitative estimate of drug-likeness (QED) is 0.804. The molecule has 2 rings (SSSR count). The fraction of sp³-hybridized carbons (Fsp3) is 0.278. The molecule has 0 saturated carbocycles. The zero-order valence-corrected chi connectivity index (χ0v) is 11.9. The highest BCUT2D eigenvalue weighted by atomic mass is 16.1. The van der Waals surface area contributed by atoms with Crippen LogP contribution in [0.25, 0.3) is 0 Å². The zero-order valence-electron chi connectivity index (χ0n) is 11.9. The van der Waals surface area contributed by atoms with E-state index in [-0.39, 0.29) is 5.78 Å². The summed E-state index contributed by atoms with van der Waals surface area (Å²) < 4.78 is 0. The van der Waals surface area contributed by atoms with Crippen molar-refractivity contribution in [3.05, 3.63) is 70.3 Å². The summed E-state index contributed by atoms with van der Waals surface area (Å²) in [5, 5.41) is 0. The summed E-state index contributed by atoms with van der Waals surface area (Å²) in [4.78, 5) is 12.1. The lowest BCUT2D eigenvalue weighted by molar-refractivity contribution is -0.117. The SMILES string of the molecule is Cc1ccc(CC(=O)Cc2ccccc2C)cc1C. The third-order valence-electron chi connectivity index (χ3n) is 3.62. The van der Waals surface area contributed by atoms with Crippen LogP contribution in [0.15, 0.2) is 42.5 Å². The number of ketones is 1. The van der Waals surface area contributed by atoms with E-state index in [0.29, 0.717) is 12.8 Å². The maximum Gasteiger partial charge on any atom is 0.141 e. The van der Waals surface area contributed by atoms with Gasteiger partial charge in [-0.2, -0.15) is 0 Å². The minimum absolute atomic E-state index is 0.276. The van der Waals surface area contributed by atoms with Crippen LogP contribution >= 0.6 is 0 Å². The van der Waals surface area contributed by atoms with Crippen molar-refractivity contribution in [2.24, 2.45) is 0 Å². The van der Waals surface area contributed by atoms with Gasteiger partial charge in [0.2, 0.25) is 0 Å². The third-order valence-corrected chi connectivity index (χ3v) is 3.62. The molecule has 0 spiro atoms. The molecule has 0 bridgehead atoms. The minimum atomic E-state index is 0.276. The monoisotopic (exact) mass is 252 g/mol. The molecule has 0 heterocycles. The van der Waals surface area contributed by atoms with Crippen molar-refractivity contribution in [3.63, 3.8) is 0 Å². The number of aryl methyl sites for hydroxylation is 3. The molecule has 1 nitrogen and oxygen atoms in total. The van der Waals surface area contributed by atoms with Crippen molar-refractivity contribution in [2.75, 3.05) is 0 Å². The third kappa shape index (κ3) is 3.54. The van der Waals surface area contributed by atoms with E-state index in [0.717, 1.165) is 11.1 Å². The standard InChI is InChI=1S/C18H20O/c1-13-8-9-16(10-15(13)3)11-18(19)12-17-7-5-4-6-14(17)2/h4-10H,11-12H2,1-3H3. The Bertz CT molecular complexity index is 596. The predicted octanol–water partition coefficient (Wildman–Crippen LogP) is 3.97. The summed E-state index contributed by atoms with van der Waals surface area (Å²) in [6, 6.07) is 14.3. The van der Waals surface area contributed by atoms with Crippen molar-refractivity contribution < 1.29 is 4.79 Å². The lowest BCUT2D eigenvalue weighted by Crippen LogP contribution is -2.07. The van der Waals surface area contributed by atoms with Gasteiger partial charge in [-0.15, -0.1) is 0 Å². The minimum Gasteiger partial charge on any atom is -0.299 e. The number of carbonyl (C=O) groups is 1. The number of hydrogen-bond acceptors (Lipinski definition) is 1. The number of benzene rings is 2. The maximum atomic E-state index is 12.1. The summed E-state index contributed by atoms with van der Waals surface area (Å²) in [5.41, 5.74) is 5.96. The first-order valence-corrected chi connectivity index (χ1v) is 6.68. The van der Waals surface area contributed by atoms with Crippen LogP contribution in [0.3, 0.4) is 0 Å². The first-order chi connectivity index (χ1) is 9.06. The van der Waals surface area contributed by atoms with Gasteiger partial charge < -0.3 is 0 Å². The molecule has 19 heavy (non-hydrogen) atoms. The summed E-state index contributed by atoms with van der Waals surface area (Å²) in [5.74, 6) is 0.276. The van der Waals surface area contributed by atoms with Crippen molar-refractivity contribution in [2.45, 2.75) is 33.6 Å². The lowest BCUT2D eigenvalue weighted by atomic mass is 9.98. The lowest BCUT2D eigenvalue weighted by Gasteiger charge is -2.07. The van der Waals surface area contributed by atoms with Gasteiger partial charge in [0, 0.05) is 12.8 Å². The molecule has 0 amide bonds. The molecule has 0 fully saturated rings. The first-order valence-electron chi connectivity index (χ1n) is 6.68. The van der Waals surface area contributed by atoms with E-state index in [2.05, 4.69) is 45.0 Å². The van der Waals surface area contributed by atoms with Gasteiger partial charge in [-0.1, -0.05) is 42.5 Å². The Labute approximate surface area is 115 Å². The summed E-state index contributed by atoms with van der Waals surface area (Å²) >= 11 is 0. The normalized spacial score (nSPS) is 10.5. The second kappa shape index (κ2) is 5.83. The molecule has 0 aliphatic carbocycles. The van der Waals surface area contributed by atoms with Gasteiger partial charge in [0.1, 0.15) is 5.78 Å². The van der Waals surface area contributed by atoms with E-state index in [9.17, 15) is 4.79 Å². The van der Waals surface area contributed by atoms with E-state index in [1.807, 2.05) is 18.2 Å². The highest BCUT2D eigenvalue weighted by Gasteiger charge is 2.07. The van der Waals surface area contributed by atoms with E-state index in [1.165, 1.54) is 16.7 Å². The second-order valence-corrected chi connectivity index (χ2v) is 5.24. The average Bonchev–Trinajstić information content (AvgIpc) is 2.37. The topological polar surface area (TPSA) is 17.1 Å². The van der Waals surface area contributed by atoms with Gasteiger partial charge in [-0.25, -0.2) is 0 Å². The molecule has 0 saturated heterocycles. The molecule has 1 heteroatoms. The van der Waals surface area contributed by atoms with Gasteiger partial charge in [-0.3, -0.25) is 4.79 Å². The first kappa shape index (κ1) is 13.5. The highest BCUT2D eigenvalue weighted by molar-refractivity contribution is 5.83. The molecule has 0 radical (unpaired) electrons. The predicted molar refractivity (Wildman–Crippen MR) is 79.5 cm³/mol. The Morgan fingerprint density at radius 2 is 1.58 bits per heavy atom. The van der Waals surface area contributed by atoms with Gasteiger partial charge in [0.25, 0.3) is 0 Å². The fourth-order valence-corrected chi connectivity index (χ4v) is 2.22. The number of rotatable bonds is 4. The van der Waals surface area contributed by atoms with Crippen LogP contribution in [0.2, 0.25) is 0 Å². The Kier molecular flexibility index (Phi) is 4.16. The van der Waals surface area contributed by atoms with E-state index in [1.54, 1.807) is 0 Å². The smallest absolute Gasteiger partial charge is 0.141 e. The van der Waals surface area contributed by atoms with E-state index >= 15 is 0 Å². The fourth-order valence-electron chi connectivity index (χ4n) is 2.22. The molecule has 98 valence electrons. The molecular weight excluding hydrogens is 232 g/mol. The van der Waals surface area contributed by atoms with Crippen LogP contribution in [-0.2, 0) is 17.6 Å². The van der Waals surface area contributed by atoms with Crippen LogP contribution in [-0.4, -0.2) is 5.78 Å². The molecule has 0 aromatic heterocycles. The van der Waals surface area contributed by atoms with Gasteiger partial charge in [0.15, 0.2) is 0 Å². The zero-order chi connectivity index (χ0) is 13.8. The van der Waals surface area contributed by atoms with Crippen molar-refractivity contribution in [1.29, 1.82) is 0 Å². The van der Waals surface area contributed by atoms with Crippen LogP contribution < -0.4 is 0 Å². The Morgan fingerprint density at radius 3 is 2.26 bits per heavy atom. The van der Waals surface area contributed by atoms with Crippen molar-refractivity contribution in [1.82, 2.24) is 0 Å². The molecule has 0 N–H and O–H groups in total. The highest BCUT2D eigenvalue weighted by Crippen LogP contribution is 2.13. The van der Waals surface area contributed by atoms with Crippen LogP contribution in [0, 0.1) is 20.8 Å². The summed E-state index contributed by atoms with van der Waals surface area (Å²) in [6.07, 6.45) is 1.05. The van der Waals surface area contributed by atoms with Crippen LogP contribution in [0.5, 0.6) is 0 Å². The Morgan fingerprint density at radius 1 is 0.842 bits per heavy atom. The number of Topliss-reactive ketones (excluding diaryl/α,β-unsaturated/α-hetero) is 1. The largest absolute Gasteiger partial charge is 0.299 e. The molecular formula is C18H20O. The average molecular weight is 252 g/mol. The van der Waals surface area contributed by atoms with E-state index < -0.39 is 0 Å². The van der Waals surface area contributed by atoms with Gasteiger partial charge in [-0.05, 0) is 48.6 Å². The maximum absolute atomic E-state index is 12.1. The van der Waals surface area contributed by atoms with Crippen molar-refractivity contribution >= 4 is 5.78 Å². The molecule has 0 atom stereocenters. The van der Waals surface area contributed by atoms with Gasteiger partial charge >= 0.3 is 0 Å². The number of hydrogen-bond donors (Lipinski definition) is 0. The number of carbonyl (C=O) groups excluding carboxylic acids is 1. The summed E-state index contributed by atoms with van der Waals surface area (Å²) in [7, 11) is 0. The second-order valence-electron chi connectivity index (χ2n) is 5.24. The molecule has 2 aromatic carbocycles. The molecule has 0 aliphatic rings. The van der Waals surface area contributed by atoms with Gasteiger partial charge in [0.05, 0.1) is 0 Å². The Hall–Kier alpha value is -1.89. The van der Waals surface area contributed by atoms with Crippen LogP contribution in [0.1, 0.15) is 27.8 Å². The Balaban J connectivity index is 2.05. The molecule has 0 unspecified atom stereocenters. The van der Waals surface area contributed by atoms with Crippen molar-refractivity contribution in [3.8, 4) is 0 Å². The molecule has 0 aliphatic heterocycles. The van der Waals surface area contributed by atoms with Crippen LogP contribution in [0.4, 0.5) is 0 Å². The molecule has 2 aromatic rings. The van der Waals surface area contributed by atoms with E-state index in [4.69, 9.17) is 0 Å². The summed E-state index contributed by atoms with van der Waals surface area (Å²) in [6.45, 7) is 6.23.